The summed E-state index contributed by atoms with van der Waals surface area (Å²) in [5, 5.41) is 3.15. The van der Waals surface area contributed by atoms with Crippen LogP contribution in [0.15, 0.2) is 36.7 Å². The minimum atomic E-state index is -0.540. The molecule has 1 aliphatic carbocycles. The highest BCUT2D eigenvalue weighted by Crippen LogP contribution is 2.39. The summed E-state index contributed by atoms with van der Waals surface area (Å²) in [6.45, 7) is 5.50. The summed E-state index contributed by atoms with van der Waals surface area (Å²) >= 11 is 6.17. The molecule has 2 aromatic rings. The van der Waals surface area contributed by atoms with Crippen LogP contribution in [0, 0.1) is 5.92 Å². The predicted octanol–water partition coefficient (Wildman–Crippen LogP) is 4.72. The van der Waals surface area contributed by atoms with Crippen LogP contribution in [0.4, 0.5) is 4.79 Å². The molecule has 1 amide bonds. The monoisotopic (exact) mass is 403 g/mol. The number of H-pyrrole nitrogens is 1. The van der Waals surface area contributed by atoms with Gasteiger partial charge in [-0.05, 0) is 70.2 Å². The van der Waals surface area contributed by atoms with Crippen molar-refractivity contribution in [3.8, 4) is 0 Å². The lowest BCUT2D eigenvalue weighted by Crippen LogP contribution is -2.38. The van der Waals surface area contributed by atoms with Crippen molar-refractivity contribution in [2.45, 2.75) is 57.6 Å². The number of hydrogen-bond donors (Lipinski definition) is 2. The van der Waals surface area contributed by atoms with Crippen LogP contribution in [0.1, 0.15) is 62.0 Å². The Labute approximate surface area is 170 Å². The Kier molecular flexibility index (Phi) is 6.08. The van der Waals surface area contributed by atoms with Gasteiger partial charge in [0, 0.05) is 24.1 Å². The van der Waals surface area contributed by atoms with Gasteiger partial charge in [0.1, 0.15) is 10.8 Å². The molecule has 1 aliphatic rings. The molecule has 0 spiro atoms. The third kappa shape index (κ3) is 4.93. The number of aromatic nitrogens is 2. The fourth-order valence-electron chi connectivity index (χ4n) is 3.81. The van der Waals surface area contributed by atoms with Crippen LogP contribution in [0.5, 0.6) is 0 Å². The van der Waals surface area contributed by atoms with E-state index in [9.17, 15) is 9.59 Å². The maximum absolute atomic E-state index is 13.3. The molecular weight excluding hydrogens is 378 g/mol. The number of nitrogens with zero attached hydrogens (tertiary/aromatic N) is 1. The van der Waals surface area contributed by atoms with Crippen LogP contribution in [0.25, 0.3) is 0 Å². The molecule has 2 heterocycles. The largest absolute Gasteiger partial charge is 0.444 e. The second-order valence-electron chi connectivity index (χ2n) is 8.23. The number of ether oxygens (including phenoxy) is 1. The molecule has 0 bridgehead atoms. The number of amides is 1. The van der Waals surface area contributed by atoms with Gasteiger partial charge in [-0.3, -0.25) is 4.79 Å². The Hall–Kier alpha value is -2.34. The van der Waals surface area contributed by atoms with E-state index in [4.69, 9.17) is 16.3 Å². The average molecular weight is 404 g/mol. The fraction of sp³-hybridized carbons (Fsp3) is 0.476. The quantitative estimate of drug-likeness (QED) is 0.558. The molecule has 0 aliphatic heterocycles. The Morgan fingerprint density at radius 3 is 2.71 bits per heavy atom. The molecule has 150 valence electrons. The average Bonchev–Trinajstić information content (AvgIpc) is 3.26. The zero-order valence-electron chi connectivity index (χ0n) is 16.4. The van der Waals surface area contributed by atoms with Crippen molar-refractivity contribution in [3.63, 3.8) is 0 Å². The minimum Gasteiger partial charge on any atom is -0.444 e. The smallest absolute Gasteiger partial charge is 0.407 e. The van der Waals surface area contributed by atoms with Crippen molar-refractivity contribution < 1.29 is 14.3 Å². The molecule has 2 aromatic heterocycles. The van der Waals surface area contributed by atoms with Gasteiger partial charge in [0.2, 0.25) is 0 Å². The molecule has 1 fully saturated rings. The van der Waals surface area contributed by atoms with Crippen molar-refractivity contribution in [1.29, 1.82) is 0 Å². The van der Waals surface area contributed by atoms with E-state index in [1.54, 1.807) is 18.3 Å². The first-order valence-corrected chi connectivity index (χ1v) is 9.90. The van der Waals surface area contributed by atoms with Crippen molar-refractivity contribution >= 4 is 23.5 Å². The van der Waals surface area contributed by atoms with E-state index in [0.29, 0.717) is 12.0 Å². The fourth-order valence-corrected chi connectivity index (χ4v) is 4.02. The maximum atomic E-state index is 13.3. The van der Waals surface area contributed by atoms with Crippen LogP contribution in [0.2, 0.25) is 5.15 Å². The van der Waals surface area contributed by atoms with Crippen LogP contribution in [-0.2, 0) is 4.74 Å². The zero-order valence-corrected chi connectivity index (χ0v) is 17.1. The van der Waals surface area contributed by atoms with Gasteiger partial charge in [-0.2, -0.15) is 0 Å². The van der Waals surface area contributed by atoms with E-state index in [0.717, 1.165) is 18.5 Å². The molecule has 7 heteroatoms. The van der Waals surface area contributed by atoms with Gasteiger partial charge < -0.3 is 15.0 Å². The molecule has 28 heavy (non-hydrogen) atoms. The lowest BCUT2D eigenvalue weighted by atomic mass is 9.82. The molecule has 3 atom stereocenters. The molecule has 6 nitrogen and oxygen atoms in total. The lowest BCUT2D eigenvalue weighted by Gasteiger charge is -2.23. The molecule has 0 saturated heterocycles. The minimum absolute atomic E-state index is 0.0190. The molecular formula is C21H26ClN3O3. The highest BCUT2D eigenvalue weighted by molar-refractivity contribution is 6.33. The van der Waals surface area contributed by atoms with E-state index in [1.165, 1.54) is 0 Å². The summed E-state index contributed by atoms with van der Waals surface area (Å²) in [7, 11) is 0. The van der Waals surface area contributed by atoms with Crippen LogP contribution >= 0.6 is 11.6 Å². The van der Waals surface area contributed by atoms with Crippen LogP contribution in [0.3, 0.4) is 0 Å². The summed E-state index contributed by atoms with van der Waals surface area (Å²) in [5.41, 5.74) is 0.738. The first-order chi connectivity index (χ1) is 13.2. The second-order valence-corrected chi connectivity index (χ2v) is 8.58. The van der Waals surface area contributed by atoms with E-state index in [1.807, 2.05) is 39.1 Å². The Bertz CT molecular complexity index is 830. The summed E-state index contributed by atoms with van der Waals surface area (Å²) in [5.74, 6) is -0.326. The Morgan fingerprint density at radius 1 is 1.29 bits per heavy atom. The summed E-state index contributed by atoms with van der Waals surface area (Å²) in [4.78, 5) is 32.6. The zero-order chi connectivity index (χ0) is 20.3. The van der Waals surface area contributed by atoms with Gasteiger partial charge >= 0.3 is 6.09 Å². The number of pyridine rings is 1. The SMILES string of the molecule is CC(C)(C)OC(=O)NC1CCC(C(C(=O)c2cccnc2Cl)c2ccc[nH]2)C1. The number of aromatic amines is 1. The predicted molar refractivity (Wildman–Crippen MR) is 108 cm³/mol. The standard InChI is InChI=1S/C21H26ClN3O3/c1-21(2,3)28-20(27)25-14-9-8-13(12-14)17(16-7-5-10-23-16)18(26)15-6-4-11-24-19(15)22/h4-7,10-11,13-14,17,23H,8-9,12H2,1-3H3,(H,25,27). The molecule has 3 unspecified atom stereocenters. The van der Waals surface area contributed by atoms with E-state index < -0.39 is 11.7 Å². The molecule has 2 N–H and O–H groups in total. The van der Waals surface area contributed by atoms with Crippen LogP contribution in [-0.4, -0.2) is 33.5 Å². The van der Waals surface area contributed by atoms with Gasteiger partial charge in [0.15, 0.2) is 5.78 Å². The van der Waals surface area contributed by atoms with E-state index in [-0.39, 0.29) is 28.8 Å². The van der Waals surface area contributed by atoms with Gasteiger partial charge in [-0.1, -0.05) is 11.6 Å². The van der Waals surface area contributed by atoms with Crippen molar-refractivity contribution in [2.24, 2.45) is 5.92 Å². The first-order valence-electron chi connectivity index (χ1n) is 9.52. The van der Waals surface area contributed by atoms with Gasteiger partial charge in [0.25, 0.3) is 0 Å². The van der Waals surface area contributed by atoms with Gasteiger partial charge in [0.05, 0.1) is 11.5 Å². The number of carbonyl (C=O) groups is 2. The molecule has 0 aromatic carbocycles. The Morgan fingerprint density at radius 2 is 2.07 bits per heavy atom. The number of halogens is 1. The molecule has 3 rings (SSSR count). The number of Topliss-reactive ketones (excluding diaryl/α,β-unsaturated/α-hetero) is 1. The number of rotatable bonds is 5. The van der Waals surface area contributed by atoms with Gasteiger partial charge in [-0.25, -0.2) is 9.78 Å². The second kappa shape index (κ2) is 8.35. The highest BCUT2D eigenvalue weighted by Gasteiger charge is 2.38. The third-order valence-electron chi connectivity index (χ3n) is 4.93. The third-order valence-corrected chi connectivity index (χ3v) is 5.23. The number of nitrogens with one attached hydrogen (secondary N) is 2. The van der Waals surface area contributed by atoms with Crippen molar-refractivity contribution in [3.05, 3.63) is 53.1 Å². The maximum Gasteiger partial charge on any atom is 0.407 e. The van der Waals surface area contributed by atoms with Crippen molar-refractivity contribution in [1.82, 2.24) is 15.3 Å². The molecule has 0 radical (unpaired) electrons. The summed E-state index contributed by atoms with van der Waals surface area (Å²) in [6.07, 6.45) is 5.29. The molecule has 1 saturated carbocycles. The van der Waals surface area contributed by atoms with Crippen LogP contribution < -0.4 is 5.32 Å². The van der Waals surface area contributed by atoms with Gasteiger partial charge in [-0.15, -0.1) is 0 Å². The lowest BCUT2D eigenvalue weighted by molar-refractivity contribution is 0.0504. The topological polar surface area (TPSA) is 84.1 Å². The normalized spacial score (nSPS) is 20.6. The number of carbonyl (C=O) groups excluding carboxylic acids is 2. The summed E-state index contributed by atoms with van der Waals surface area (Å²) in [6, 6.07) is 7.20. The highest BCUT2D eigenvalue weighted by atomic mass is 35.5. The number of alkyl carbamates (subject to hydrolysis) is 1. The van der Waals surface area contributed by atoms with E-state index in [2.05, 4.69) is 15.3 Å². The number of ketones is 1. The van der Waals surface area contributed by atoms with E-state index >= 15 is 0 Å². The van der Waals surface area contributed by atoms with Crippen molar-refractivity contribution in [2.75, 3.05) is 0 Å². The first kappa shape index (κ1) is 20.4. The number of hydrogen-bond acceptors (Lipinski definition) is 4. The Balaban J connectivity index is 1.75. The summed E-state index contributed by atoms with van der Waals surface area (Å²) < 4.78 is 5.35.